The van der Waals surface area contributed by atoms with E-state index in [2.05, 4.69) is 21.3 Å². The summed E-state index contributed by atoms with van der Waals surface area (Å²) < 4.78 is 29.2. The van der Waals surface area contributed by atoms with Crippen LogP contribution >= 0.6 is 0 Å². The molecule has 1 saturated heterocycles. The van der Waals surface area contributed by atoms with Crippen LogP contribution in [0.25, 0.3) is 0 Å². The molecular formula is C29H54N6O10. The lowest BCUT2D eigenvalue weighted by atomic mass is 9.83. The Morgan fingerprint density at radius 2 is 1.80 bits per heavy atom. The van der Waals surface area contributed by atoms with Gasteiger partial charge in [-0.15, -0.1) is 0 Å². The molecule has 1 aliphatic carbocycles. The first-order valence-corrected chi connectivity index (χ1v) is 15.5. The molecule has 1 unspecified atom stereocenters. The van der Waals surface area contributed by atoms with Crippen LogP contribution in [0.3, 0.4) is 0 Å². The molecule has 1 saturated carbocycles. The number of likely N-dealkylation sites (N-methyl/N-ethyl adjacent to an activating group) is 2. The van der Waals surface area contributed by atoms with Gasteiger partial charge >= 0.3 is 6.09 Å². The van der Waals surface area contributed by atoms with Gasteiger partial charge in [0.05, 0.1) is 25.2 Å². The monoisotopic (exact) mass is 646 g/mol. The smallest absolute Gasteiger partial charge is 0.408 e. The molecule has 2 amide bonds. The summed E-state index contributed by atoms with van der Waals surface area (Å²) in [6.07, 6.45) is -4.75. The second kappa shape index (κ2) is 15.6. The first kappa shape index (κ1) is 37.3. The topological polar surface area (TPSA) is 241 Å². The van der Waals surface area contributed by atoms with E-state index in [9.17, 15) is 24.9 Å². The van der Waals surface area contributed by atoms with Crippen molar-refractivity contribution < 1.29 is 48.6 Å². The molecular weight excluding hydrogens is 592 g/mol. The van der Waals surface area contributed by atoms with Gasteiger partial charge in [0, 0.05) is 12.1 Å². The fourth-order valence-electron chi connectivity index (χ4n) is 5.72. The van der Waals surface area contributed by atoms with Crippen LogP contribution in [-0.2, 0) is 28.5 Å². The number of aliphatic hydroxyl groups excluding tert-OH is 2. The van der Waals surface area contributed by atoms with Gasteiger partial charge in [0.1, 0.15) is 47.4 Å². The van der Waals surface area contributed by atoms with Crippen molar-refractivity contribution in [3.05, 3.63) is 11.8 Å². The van der Waals surface area contributed by atoms with Gasteiger partial charge in [-0.2, -0.15) is 0 Å². The van der Waals surface area contributed by atoms with Gasteiger partial charge < -0.3 is 71.7 Å². The van der Waals surface area contributed by atoms with Crippen molar-refractivity contribution in [1.29, 1.82) is 0 Å². The number of nitrogens with one attached hydrogen (secondary N) is 4. The van der Waals surface area contributed by atoms with E-state index in [0.717, 1.165) is 0 Å². The molecule has 45 heavy (non-hydrogen) atoms. The number of ether oxygens (including phenoxy) is 5. The Kier molecular flexibility index (Phi) is 13.0. The number of aliphatic hydroxyl groups is 3. The van der Waals surface area contributed by atoms with Crippen LogP contribution in [0, 0.1) is 0 Å². The molecule has 3 rings (SSSR count). The molecule has 0 aromatic rings. The van der Waals surface area contributed by atoms with Gasteiger partial charge in [0.25, 0.3) is 0 Å². The minimum Gasteiger partial charge on any atom is -0.466 e. The number of amides is 2. The quantitative estimate of drug-likeness (QED) is 0.117. The number of carbonyl (C=O) groups is 2. The summed E-state index contributed by atoms with van der Waals surface area (Å²) in [5.74, 6) is -0.0633. The van der Waals surface area contributed by atoms with Gasteiger partial charge in [-0.1, -0.05) is 6.92 Å². The molecule has 260 valence electrons. The van der Waals surface area contributed by atoms with Crippen LogP contribution < -0.4 is 32.7 Å². The molecule has 12 atom stereocenters. The summed E-state index contributed by atoms with van der Waals surface area (Å²) in [5, 5.41) is 44.4. The minimum atomic E-state index is -1.33. The SMILES string of the molecule is CCN[C@@H]1C[C@H](N)[C@@H](O[C@H]2OC(CNC(=O)[C@@H](C)NC(=O)OC(C)(C)C)=CCC2N)[C@H](O)[C@H]1O[C@H]1OC[C@](C)(O)[C@H](NC)[C@H]1O. The molecule has 0 bridgehead atoms. The molecule has 16 nitrogen and oxygen atoms in total. The van der Waals surface area contributed by atoms with Crippen molar-refractivity contribution in [3.63, 3.8) is 0 Å². The molecule has 11 N–H and O–H groups in total. The number of alkyl carbamates (subject to hydrolysis) is 1. The van der Waals surface area contributed by atoms with E-state index in [1.807, 2.05) is 6.92 Å². The molecule has 2 heterocycles. The Hall–Kier alpha value is -2.12. The van der Waals surface area contributed by atoms with Crippen LogP contribution in [-0.4, -0.2) is 132 Å². The highest BCUT2D eigenvalue weighted by Crippen LogP contribution is 2.32. The number of hydrogen-bond acceptors (Lipinski definition) is 14. The highest BCUT2D eigenvalue weighted by molar-refractivity contribution is 5.85. The van der Waals surface area contributed by atoms with E-state index in [1.54, 1.807) is 40.8 Å². The number of carbonyl (C=O) groups excluding carboxylic acids is 2. The molecule has 0 aromatic carbocycles. The van der Waals surface area contributed by atoms with Gasteiger partial charge in [0.15, 0.2) is 6.29 Å². The van der Waals surface area contributed by atoms with Crippen molar-refractivity contribution in [2.24, 2.45) is 11.5 Å². The van der Waals surface area contributed by atoms with Crippen LogP contribution in [0.15, 0.2) is 11.8 Å². The number of rotatable bonds is 11. The fraction of sp³-hybridized carbons (Fsp3) is 0.862. The van der Waals surface area contributed by atoms with Crippen molar-refractivity contribution in [3.8, 4) is 0 Å². The summed E-state index contributed by atoms with van der Waals surface area (Å²) in [5.41, 5.74) is 10.7. The third-order valence-electron chi connectivity index (χ3n) is 8.01. The van der Waals surface area contributed by atoms with Crippen LogP contribution in [0.1, 0.15) is 54.4 Å². The molecule has 16 heteroatoms. The Morgan fingerprint density at radius 1 is 1.13 bits per heavy atom. The second-order valence-corrected chi connectivity index (χ2v) is 13.2. The normalized spacial score (nSPS) is 38.0. The molecule has 0 spiro atoms. The maximum Gasteiger partial charge on any atom is 0.408 e. The van der Waals surface area contributed by atoms with E-state index in [0.29, 0.717) is 25.1 Å². The molecule has 2 fully saturated rings. The lowest BCUT2D eigenvalue weighted by Crippen LogP contribution is -2.69. The first-order chi connectivity index (χ1) is 21.0. The third-order valence-corrected chi connectivity index (χ3v) is 8.01. The average molecular weight is 647 g/mol. The zero-order valence-electron chi connectivity index (χ0n) is 27.3. The van der Waals surface area contributed by atoms with Gasteiger partial charge in [-0.05, 0) is 67.1 Å². The summed E-state index contributed by atoms with van der Waals surface area (Å²) in [7, 11) is 1.62. The summed E-state index contributed by atoms with van der Waals surface area (Å²) in [4.78, 5) is 24.6. The summed E-state index contributed by atoms with van der Waals surface area (Å²) >= 11 is 0. The zero-order valence-corrected chi connectivity index (χ0v) is 27.3. The third kappa shape index (κ3) is 9.93. The Balaban J connectivity index is 1.62. The maximum atomic E-state index is 12.6. The largest absolute Gasteiger partial charge is 0.466 e. The van der Waals surface area contributed by atoms with E-state index < -0.39 is 90.4 Å². The Labute approximate surface area is 264 Å². The number of nitrogens with two attached hydrogens (primary N) is 2. The highest BCUT2D eigenvalue weighted by atomic mass is 16.7. The summed E-state index contributed by atoms with van der Waals surface area (Å²) in [6.45, 7) is 10.6. The minimum absolute atomic E-state index is 0.00652. The Bertz CT molecular complexity index is 1030. The van der Waals surface area contributed by atoms with Crippen molar-refractivity contribution in [2.45, 2.75) is 133 Å². The lowest BCUT2D eigenvalue weighted by molar-refractivity contribution is -0.304. The van der Waals surface area contributed by atoms with Crippen molar-refractivity contribution in [2.75, 3.05) is 26.7 Å². The van der Waals surface area contributed by atoms with Crippen molar-refractivity contribution in [1.82, 2.24) is 21.3 Å². The highest BCUT2D eigenvalue weighted by Gasteiger charge is 2.51. The maximum absolute atomic E-state index is 12.6. The molecule has 2 aliphatic heterocycles. The van der Waals surface area contributed by atoms with Crippen molar-refractivity contribution >= 4 is 12.0 Å². The van der Waals surface area contributed by atoms with E-state index in [-0.39, 0.29) is 13.2 Å². The molecule has 0 radical (unpaired) electrons. The van der Waals surface area contributed by atoms with E-state index in [4.69, 9.17) is 35.2 Å². The average Bonchev–Trinajstić information content (AvgIpc) is 2.93. The molecule has 0 aromatic heterocycles. The van der Waals surface area contributed by atoms with E-state index >= 15 is 0 Å². The summed E-state index contributed by atoms with van der Waals surface area (Å²) in [6, 6.07) is -3.22. The van der Waals surface area contributed by atoms with E-state index in [1.165, 1.54) is 6.92 Å². The first-order valence-electron chi connectivity index (χ1n) is 15.5. The van der Waals surface area contributed by atoms with Gasteiger partial charge in [-0.25, -0.2) is 4.79 Å². The Morgan fingerprint density at radius 3 is 2.42 bits per heavy atom. The standard InChI is InChI=1S/C29H54N6O10/c1-8-33-18-11-17(31)21(19(36)22(18)44-26-20(37)23(32-7)29(6,40)13-41-26)43-25-16(30)10-9-15(42-25)12-34-24(38)14(2)35-27(39)45-28(3,4)5/h9,14,16-23,25-26,32-33,36-37,40H,8,10-13,30-31H2,1-7H3,(H,34,38)(H,35,39)/t14-,16?,17+,18-,19+,20-,21-,22+,23-,25-,26-,29+/m1/s1. The van der Waals surface area contributed by atoms with Crippen LogP contribution in [0.5, 0.6) is 0 Å². The second-order valence-electron chi connectivity index (χ2n) is 13.2. The predicted molar refractivity (Wildman–Crippen MR) is 162 cm³/mol. The fourth-order valence-corrected chi connectivity index (χ4v) is 5.72. The zero-order chi connectivity index (χ0) is 33.7. The predicted octanol–water partition coefficient (Wildman–Crippen LogP) is -2.13. The van der Waals surface area contributed by atoms with Crippen LogP contribution in [0.4, 0.5) is 4.79 Å². The molecule has 3 aliphatic rings. The van der Waals surface area contributed by atoms with Gasteiger partial charge in [-0.3, -0.25) is 4.79 Å². The number of hydrogen-bond donors (Lipinski definition) is 9. The van der Waals surface area contributed by atoms with Gasteiger partial charge in [0.2, 0.25) is 12.2 Å². The van der Waals surface area contributed by atoms with Crippen LogP contribution in [0.2, 0.25) is 0 Å². The lowest BCUT2D eigenvalue weighted by Gasteiger charge is -2.49.